The van der Waals surface area contributed by atoms with Crippen LogP contribution in [0.15, 0.2) is 42.5 Å². The normalized spacial score (nSPS) is 22.0. The summed E-state index contributed by atoms with van der Waals surface area (Å²) < 4.78 is 0. The van der Waals surface area contributed by atoms with Crippen LogP contribution in [0.5, 0.6) is 0 Å². The molecule has 1 heterocycles. The Balaban J connectivity index is 2.25. The van der Waals surface area contributed by atoms with Crippen LogP contribution >= 0.6 is 0 Å². The van der Waals surface area contributed by atoms with Crippen LogP contribution in [0.4, 0.5) is 0 Å². The van der Waals surface area contributed by atoms with Crippen molar-refractivity contribution in [2.24, 2.45) is 5.92 Å². The summed E-state index contributed by atoms with van der Waals surface area (Å²) in [7, 11) is 0. The number of nitrogens with zero attached hydrogens (tertiary/aromatic N) is 1. The fourth-order valence-electron chi connectivity index (χ4n) is 4.53. The van der Waals surface area contributed by atoms with Crippen LogP contribution in [0, 0.1) is 18.3 Å². The first-order valence-corrected chi connectivity index (χ1v) is 10.4. The molecule has 0 radical (unpaired) electrons. The molecule has 0 aromatic heterocycles. The van der Waals surface area contributed by atoms with E-state index in [-0.39, 0.29) is 29.5 Å². The molecule has 154 valence electrons. The second-order valence-electron chi connectivity index (χ2n) is 9.44. The van der Waals surface area contributed by atoms with Gasteiger partial charge in [0.05, 0.1) is 0 Å². The van der Waals surface area contributed by atoms with Crippen molar-refractivity contribution < 1.29 is 9.94 Å². The number of hydrogen-bond donors (Lipinski definition) is 1. The van der Waals surface area contributed by atoms with Crippen LogP contribution in [0.3, 0.4) is 0 Å². The number of aliphatic hydroxyl groups excluding tert-OH is 1. The van der Waals surface area contributed by atoms with Gasteiger partial charge in [-0.2, -0.15) is 5.06 Å². The SMILES string of the molecule is C#CC(ON1C(C)(C)CCCC1(C)C)C(CC(CO)c1ccccc1)C(=C)C. The maximum atomic E-state index is 10.0. The first kappa shape index (κ1) is 22.7. The Labute approximate surface area is 171 Å². The van der Waals surface area contributed by atoms with Crippen LogP contribution in [0.2, 0.25) is 0 Å². The van der Waals surface area contributed by atoms with Crippen molar-refractivity contribution in [1.29, 1.82) is 0 Å². The minimum absolute atomic E-state index is 0.00438. The van der Waals surface area contributed by atoms with Gasteiger partial charge < -0.3 is 5.11 Å². The van der Waals surface area contributed by atoms with E-state index in [0.717, 1.165) is 24.0 Å². The standard InChI is InChI=1S/C25H37NO2/c1-8-23(28-26-24(4,5)15-12-16-25(26,6)7)22(19(2)3)17-21(18-27)20-13-10-9-11-14-20/h1,9-11,13-14,21-23,27H,2,12,15-18H2,3-7H3. The molecule has 3 atom stereocenters. The van der Waals surface area contributed by atoms with Gasteiger partial charge in [0.25, 0.3) is 0 Å². The summed E-state index contributed by atoms with van der Waals surface area (Å²) in [6, 6.07) is 10.1. The number of benzene rings is 1. The fourth-order valence-corrected chi connectivity index (χ4v) is 4.53. The van der Waals surface area contributed by atoms with Gasteiger partial charge in [-0.25, -0.2) is 0 Å². The van der Waals surface area contributed by atoms with Crippen LogP contribution in [-0.2, 0) is 4.84 Å². The van der Waals surface area contributed by atoms with E-state index in [1.807, 2.05) is 25.1 Å². The second kappa shape index (κ2) is 9.27. The molecule has 0 amide bonds. The van der Waals surface area contributed by atoms with E-state index in [1.165, 1.54) is 6.42 Å². The molecule has 0 saturated carbocycles. The number of hydrogen-bond acceptors (Lipinski definition) is 3. The van der Waals surface area contributed by atoms with Gasteiger partial charge in [0, 0.05) is 29.5 Å². The predicted molar refractivity (Wildman–Crippen MR) is 117 cm³/mol. The van der Waals surface area contributed by atoms with Crippen molar-refractivity contribution in [2.75, 3.05) is 6.61 Å². The van der Waals surface area contributed by atoms with E-state index < -0.39 is 6.10 Å². The topological polar surface area (TPSA) is 32.7 Å². The number of piperidine rings is 1. The van der Waals surface area contributed by atoms with Gasteiger partial charge in [0.15, 0.2) is 0 Å². The molecule has 1 N–H and O–H groups in total. The zero-order chi connectivity index (χ0) is 20.9. The first-order chi connectivity index (χ1) is 13.1. The summed E-state index contributed by atoms with van der Waals surface area (Å²) in [4.78, 5) is 6.53. The lowest BCUT2D eigenvalue weighted by molar-refractivity contribution is -0.300. The van der Waals surface area contributed by atoms with Gasteiger partial charge in [0.1, 0.15) is 6.10 Å². The summed E-state index contributed by atoms with van der Waals surface area (Å²) in [5, 5.41) is 12.1. The summed E-state index contributed by atoms with van der Waals surface area (Å²) >= 11 is 0. The highest BCUT2D eigenvalue weighted by Crippen LogP contribution is 2.40. The molecule has 1 saturated heterocycles. The summed E-state index contributed by atoms with van der Waals surface area (Å²) in [6.07, 6.45) is 9.60. The number of hydroxylamine groups is 2. The molecule has 0 aliphatic carbocycles. The van der Waals surface area contributed by atoms with Crippen LogP contribution < -0.4 is 0 Å². The number of terminal acetylenes is 1. The molecule has 1 aliphatic rings. The van der Waals surface area contributed by atoms with Crippen LogP contribution in [0.1, 0.15) is 71.8 Å². The molecule has 3 heteroatoms. The zero-order valence-electron chi connectivity index (χ0n) is 18.2. The Morgan fingerprint density at radius 1 is 1.21 bits per heavy atom. The van der Waals surface area contributed by atoms with Crippen molar-refractivity contribution in [3.05, 3.63) is 48.0 Å². The molecule has 28 heavy (non-hydrogen) atoms. The highest BCUT2D eigenvalue weighted by Gasteiger charge is 2.44. The van der Waals surface area contributed by atoms with E-state index in [0.29, 0.717) is 6.42 Å². The molecule has 1 fully saturated rings. The molecule has 1 aliphatic heterocycles. The molecule has 3 unspecified atom stereocenters. The van der Waals surface area contributed by atoms with E-state index in [4.69, 9.17) is 11.3 Å². The monoisotopic (exact) mass is 383 g/mol. The molecule has 1 aromatic rings. The smallest absolute Gasteiger partial charge is 0.146 e. The van der Waals surface area contributed by atoms with Crippen molar-refractivity contribution in [3.63, 3.8) is 0 Å². The van der Waals surface area contributed by atoms with Gasteiger partial charge in [-0.1, -0.05) is 48.4 Å². The first-order valence-electron chi connectivity index (χ1n) is 10.4. The second-order valence-corrected chi connectivity index (χ2v) is 9.44. The Morgan fingerprint density at radius 2 is 1.79 bits per heavy atom. The molecule has 0 spiro atoms. The highest BCUT2D eigenvalue weighted by molar-refractivity contribution is 5.21. The maximum Gasteiger partial charge on any atom is 0.146 e. The number of rotatable bonds is 8. The van der Waals surface area contributed by atoms with E-state index >= 15 is 0 Å². The molecule has 0 bridgehead atoms. The third-order valence-electron chi connectivity index (χ3n) is 6.09. The lowest BCUT2D eigenvalue weighted by Gasteiger charge is -2.52. The van der Waals surface area contributed by atoms with Crippen molar-refractivity contribution in [3.8, 4) is 12.3 Å². The lowest BCUT2D eigenvalue weighted by atomic mass is 9.81. The summed E-state index contributed by atoms with van der Waals surface area (Å²) in [6.45, 7) is 15.2. The molecule has 2 rings (SSSR count). The molecule has 3 nitrogen and oxygen atoms in total. The molecular weight excluding hydrogens is 346 g/mol. The molecular formula is C25H37NO2. The van der Waals surface area contributed by atoms with Gasteiger partial charge >= 0.3 is 0 Å². The maximum absolute atomic E-state index is 10.0. The van der Waals surface area contributed by atoms with E-state index in [1.54, 1.807) is 0 Å². The Bertz CT molecular complexity index is 670. The van der Waals surface area contributed by atoms with Gasteiger partial charge in [-0.05, 0) is 65.9 Å². The number of aliphatic hydroxyl groups is 1. The largest absolute Gasteiger partial charge is 0.396 e. The summed E-state index contributed by atoms with van der Waals surface area (Å²) in [5.74, 6) is 2.85. The quantitative estimate of drug-likeness (QED) is 0.487. The fraction of sp³-hybridized carbons (Fsp3) is 0.600. The Hall–Kier alpha value is -1.60. The van der Waals surface area contributed by atoms with Crippen LogP contribution in [-0.4, -0.2) is 34.0 Å². The van der Waals surface area contributed by atoms with Crippen molar-refractivity contribution in [2.45, 2.75) is 83.4 Å². The van der Waals surface area contributed by atoms with Crippen molar-refractivity contribution in [1.82, 2.24) is 5.06 Å². The zero-order valence-corrected chi connectivity index (χ0v) is 18.2. The third kappa shape index (κ3) is 5.26. The Kier molecular flexibility index (Phi) is 7.51. The predicted octanol–water partition coefficient (Wildman–Crippen LogP) is 5.32. The van der Waals surface area contributed by atoms with Crippen LogP contribution in [0.25, 0.3) is 0 Å². The lowest BCUT2D eigenvalue weighted by Crippen LogP contribution is -2.59. The minimum atomic E-state index is -0.410. The van der Waals surface area contributed by atoms with E-state index in [9.17, 15) is 5.11 Å². The third-order valence-corrected chi connectivity index (χ3v) is 6.09. The van der Waals surface area contributed by atoms with Gasteiger partial charge in [-0.3, -0.25) is 4.84 Å². The summed E-state index contributed by atoms with van der Waals surface area (Å²) in [5.41, 5.74) is 1.95. The van der Waals surface area contributed by atoms with E-state index in [2.05, 4.69) is 57.4 Å². The average Bonchev–Trinajstić information content (AvgIpc) is 2.63. The van der Waals surface area contributed by atoms with Gasteiger partial charge in [0.2, 0.25) is 0 Å². The highest BCUT2D eigenvalue weighted by atomic mass is 16.7. The van der Waals surface area contributed by atoms with Gasteiger partial charge in [-0.15, -0.1) is 6.42 Å². The molecule has 1 aromatic carbocycles. The minimum Gasteiger partial charge on any atom is -0.396 e. The Morgan fingerprint density at radius 3 is 2.25 bits per heavy atom. The van der Waals surface area contributed by atoms with Crippen molar-refractivity contribution >= 4 is 0 Å². The average molecular weight is 384 g/mol.